The summed E-state index contributed by atoms with van der Waals surface area (Å²) in [4.78, 5) is 36.0. The number of carbonyl (C=O) groups excluding carboxylic acids is 3. The Morgan fingerprint density at radius 3 is 2.23 bits per heavy atom. The van der Waals surface area contributed by atoms with E-state index in [4.69, 9.17) is 30.5 Å². The molecule has 1 aliphatic heterocycles. The van der Waals surface area contributed by atoms with Crippen LogP contribution in [0.1, 0.15) is 47.0 Å². The molecular weight excluding hydrogens is 364 g/mol. The van der Waals surface area contributed by atoms with Gasteiger partial charge in [0.25, 0.3) is 0 Å². The van der Waals surface area contributed by atoms with Crippen molar-refractivity contribution >= 4 is 29.5 Å². The highest BCUT2D eigenvalue weighted by Gasteiger charge is 2.43. The van der Waals surface area contributed by atoms with Crippen LogP contribution in [0.3, 0.4) is 0 Å². The minimum atomic E-state index is -0.848. The highest BCUT2D eigenvalue weighted by molar-refractivity contribution is 6.18. The van der Waals surface area contributed by atoms with Crippen LogP contribution in [-0.2, 0) is 33.3 Å². The van der Waals surface area contributed by atoms with E-state index in [0.29, 0.717) is 13.0 Å². The molecule has 0 N–H and O–H groups in total. The molecule has 0 saturated carbocycles. The van der Waals surface area contributed by atoms with Gasteiger partial charge in [-0.05, 0) is 33.6 Å². The first-order valence-corrected chi connectivity index (χ1v) is 9.35. The van der Waals surface area contributed by atoms with Crippen molar-refractivity contribution in [2.75, 3.05) is 32.3 Å². The quantitative estimate of drug-likeness (QED) is 0.165. The summed E-state index contributed by atoms with van der Waals surface area (Å²) in [5.74, 6) is -1.04. The maximum Gasteiger partial charge on any atom is 0.311 e. The fraction of sp³-hybridized carbons (Fsp3) is 0.833. The lowest BCUT2D eigenvalue weighted by Crippen LogP contribution is -2.39. The molecule has 0 aromatic rings. The highest BCUT2D eigenvalue weighted by atomic mass is 35.5. The van der Waals surface area contributed by atoms with Crippen molar-refractivity contribution in [1.29, 1.82) is 0 Å². The third-order valence-corrected chi connectivity index (χ3v) is 4.53. The molecule has 26 heavy (non-hydrogen) atoms. The molecule has 1 heterocycles. The molecule has 0 bridgehead atoms. The summed E-state index contributed by atoms with van der Waals surface area (Å²) in [6, 6.07) is 0. The molecule has 2 unspecified atom stereocenters. The van der Waals surface area contributed by atoms with Crippen LogP contribution in [0.5, 0.6) is 0 Å². The average molecular weight is 393 g/mol. The Balaban J connectivity index is 2.48. The SMILES string of the molecule is CCC(C)(CC(C)(C)C(=O)OCC1CO1)C(=O)OCCOC(=O)CCCl. The Hall–Kier alpha value is -1.34. The molecule has 1 rings (SSSR count). The van der Waals surface area contributed by atoms with Crippen LogP contribution in [0.25, 0.3) is 0 Å². The van der Waals surface area contributed by atoms with Crippen LogP contribution in [0, 0.1) is 10.8 Å². The van der Waals surface area contributed by atoms with E-state index in [0.717, 1.165) is 0 Å². The standard InChI is InChI=1S/C18H29ClO7/c1-5-18(4,16(22)24-9-8-23-14(20)6-7-19)12-17(2,3)15(21)26-11-13-10-25-13/h13H,5-12H2,1-4H3. The molecule has 1 fully saturated rings. The summed E-state index contributed by atoms with van der Waals surface area (Å²) in [6.07, 6.45) is 0.898. The van der Waals surface area contributed by atoms with E-state index in [-0.39, 0.29) is 50.6 Å². The van der Waals surface area contributed by atoms with Crippen molar-refractivity contribution in [3.63, 3.8) is 0 Å². The zero-order chi connectivity index (χ0) is 19.8. The van der Waals surface area contributed by atoms with Crippen molar-refractivity contribution < 1.29 is 33.3 Å². The fourth-order valence-corrected chi connectivity index (χ4v) is 2.69. The zero-order valence-electron chi connectivity index (χ0n) is 16.0. The largest absolute Gasteiger partial charge is 0.462 e. The molecule has 0 aromatic carbocycles. The van der Waals surface area contributed by atoms with Gasteiger partial charge in [-0.15, -0.1) is 11.6 Å². The van der Waals surface area contributed by atoms with E-state index in [2.05, 4.69) is 0 Å². The number of hydrogen-bond acceptors (Lipinski definition) is 7. The third kappa shape index (κ3) is 7.50. The van der Waals surface area contributed by atoms with Crippen LogP contribution < -0.4 is 0 Å². The molecule has 1 aliphatic rings. The minimum absolute atomic E-state index is 0.00112. The minimum Gasteiger partial charge on any atom is -0.462 e. The van der Waals surface area contributed by atoms with Gasteiger partial charge in [-0.2, -0.15) is 0 Å². The number of halogens is 1. The normalized spacial score (nSPS) is 18.6. The van der Waals surface area contributed by atoms with Crippen molar-refractivity contribution in [1.82, 2.24) is 0 Å². The van der Waals surface area contributed by atoms with Crippen LogP contribution in [0.15, 0.2) is 0 Å². The highest BCUT2D eigenvalue weighted by Crippen LogP contribution is 2.38. The van der Waals surface area contributed by atoms with Gasteiger partial charge in [-0.1, -0.05) is 6.92 Å². The number of rotatable bonds is 12. The van der Waals surface area contributed by atoms with Gasteiger partial charge in [0.1, 0.15) is 25.9 Å². The van der Waals surface area contributed by atoms with Gasteiger partial charge in [0.2, 0.25) is 0 Å². The summed E-state index contributed by atoms with van der Waals surface area (Å²) < 4.78 is 20.4. The lowest BCUT2D eigenvalue weighted by molar-refractivity contribution is -0.165. The van der Waals surface area contributed by atoms with Gasteiger partial charge in [-0.3, -0.25) is 14.4 Å². The predicted octanol–water partition coefficient (Wildman–Crippen LogP) is 2.48. The first-order valence-electron chi connectivity index (χ1n) is 8.82. The number of hydrogen-bond donors (Lipinski definition) is 0. The van der Waals surface area contributed by atoms with Crippen molar-refractivity contribution in [2.45, 2.75) is 53.1 Å². The van der Waals surface area contributed by atoms with Gasteiger partial charge in [0, 0.05) is 5.88 Å². The molecule has 0 aliphatic carbocycles. The Bertz CT molecular complexity index is 502. The third-order valence-electron chi connectivity index (χ3n) is 4.34. The van der Waals surface area contributed by atoms with E-state index in [9.17, 15) is 14.4 Å². The number of epoxide rings is 1. The van der Waals surface area contributed by atoms with E-state index in [1.165, 1.54) is 0 Å². The molecule has 8 heteroatoms. The summed E-state index contributed by atoms with van der Waals surface area (Å²) in [5, 5.41) is 0. The van der Waals surface area contributed by atoms with Gasteiger partial charge in [-0.25, -0.2) is 0 Å². The molecular formula is C18H29ClO7. The van der Waals surface area contributed by atoms with Crippen LogP contribution in [-0.4, -0.2) is 56.3 Å². The Labute approximate surface area is 159 Å². The van der Waals surface area contributed by atoms with E-state index in [1.54, 1.807) is 20.8 Å². The van der Waals surface area contributed by atoms with Gasteiger partial charge in [0.05, 0.1) is 23.9 Å². The first kappa shape index (κ1) is 22.7. The van der Waals surface area contributed by atoms with E-state index in [1.807, 2.05) is 6.92 Å². The van der Waals surface area contributed by atoms with Gasteiger partial charge < -0.3 is 18.9 Å². The molecule has 150 valence electrons. The monoisotopic (exact) mass is 392 g/mol. The van der Waals surface area contributed by atoms with E-state index >= 15 is 0 Å². The number of carbonyl (C=O) groups is 3. The summed E-state index contributed by atoms with van der Waals surface area (Å²) in [7, 11) is 0. The number of esters is 3. The van der Waals surface area contributed by atoms with Gasteiger partial charge >= 0.3 is 17.9 Å². The molecule has 7 nitrogen and oxygen atoms in total. The predicted molar refractivity (Wildman–Crippen MR) is 94.8 cm³/mol. The maximum absolute atomic E-state index is 12.5. The first-order chi connectivity index (χ1) is 12.1. The van der Waals surface area contributed by atoms with Crippen LogP contribution in [0.4, 0.5) is 0 Å². The second-order valence-corrected chi connectivity index (χ2v) is 7.70. The number of ether oxygens (including phenoxy) is 4. The molecule has 0 spiro atoms. The lowest BCUT2D eigenvalue weighted by atomic mass is 9.72. The summed E-state index contributed by atoms with van der Waals surface area (Å²) in [5.41, 5.74) is -1.69. The molecule has 0 aromatic heterocycles. The lowest BCUT2D eigenvalue weighted by Gasteiger charge is -2.33. The second-order valence-electron chi connectivity index (χ2n) is 7.32. The summed E-state index contributed by atoms with van der Waals surface area (Å²) in [6.45, 7) is 7.91. The van der Waals surface area contributed by atoms with Gasteiger partial charge in [0.15, 0.2) is 0 Å². The Morgan fingerprint density at radius 2 is 1.69 bits per heavy atom. The maximum atomic E-state index is 12.5. The van der Waals surface area contributed by atoms with Crippen LogP contribution in [0.2, 0.25) is 0 Å². The smallest absolute Gasteiger partial charge is 0.311 e. The second kappa shape index (κ2) is 10.1. The van der Waals surface area contributed by atoms with Crippen molar-refractivity contribution in [2.24, 2.45) is 10.8 Å². The van der Waals surface area contributed by atoms with E-state index < -0.39 is 22.8 Å². The molecule has 1 saturated heterocycles. The zero-order valence-corrected chi connectivity index (χ0v) is 16.7. The van der Waals surface area contributed by atoms with Crippen molar-refractivity contribution in [3.8, 4) is 0 Å². The fourth-order valence-electron chi connectivity index (χ4n) is 2.53. The Morgan fingerprint density at radius 1 is 1.08 bits per heavy atom. The Kier molecular flexibility index (Phi) is 8.83. The van der Waals surface area contributed by atoms with Crippen LogP contribution >= 0.6 is 11.6 Å². The number of alkyl halides is 1. The topological polar surface area (TPSA) is 91.4 Å². The molecule has 0 amide bonds. The molecule has 0 radical (unpaired) electrons. The average Bonchev–Trinajstić information content (AvgIpc) is 3.40. The van der Waals surface area contributed by atoms with Crippen molar-refractivity contribution in [3.05, 3.63) is 0 Å². The molecule has 2 atom stereocenters. The summed E-state index contributed by atoms with van der Waals surface area (Å²) >= 11 is 5.44.